The van der Waals surface area contributed by atoms with Crippen LogP contribution in [0.3, 0.4) is 0 Å². The van der Waals surface area contributed by atoms with Gasteiger partial charge in [-0.05, 0) is 30.5 Å². The van der Waals surface area contributed by atoms with Gasteiger partial charge in [0.05, 0.1) is 0 Å². The number of benzene rings is 2. The van der Waals surface area contributed by atoms with Crippen molar-refractivity contribution in [1.82, 2.24) is 4.90 Å². The quantitative estimate of drug-likeness (QED) is 0.685. The Bertz CT molecular complexity index is 967. The first-order valence-corrected chi connectivity index (χ1v) is 8.93. The van der Waals surface area contributed by atoms with Crippen LogP contribution < -0.4 is 4.74 Å². The van der Waals surface area contributed by atoms with Gasteiger partial charge in [0, 0.05) is 11.6 Å². The molecule has 1 aliphatic carbocycles. The summed E-state index contributed by atoms with van der Waals surface area (Å²) in [5.74, 6) is -1.11. The number of nitrogens with zero attached hydrogens (tertiary/aromatic N) is 1. The maximum Gasteiger partial charge on any atom is 0.573 e. The second-order valence-electron chi connectivity index (χ2n) is 6.87. The van der Waals surface area contributed by atoms with E-state index >= 15 is 0 Å². The van der Waals surface area contributed by atoms with Gasteiger partial charge in [-0.15, -0.1) is 13.2 Å². The second-order valence-corrected chi connectivity index (χ2v) is 6.87. The van der Waals surface area contributed by atoms with Crippen molar-refractivity contribution < 1.29 is 32.2 Å². The van der Waals surface area contributed by atoms with Crippen LogP contribution in [0.25, 0.3) is 6.08 Å². The van der Waals surface area contributed by atoms with Crippen molar-refractivity contribution in [3.05, 3.63) is 71.8 Å². The lowest BCUT2D eigenvalue weighted by molar-refractivity contribution is -0.274. The lowest BCUT2D eigenvalue weighted by Crippen LogP contribution is -2.34. The Labute approximate surface area is 164 Å². The molecule has 2 aromatic rings. The summed E-state index contributed by atoms with van der Waals surface area (Å²) in [5.41, 5.74) is 0.0979. The standard InChI is InChI=1S/C21H16F3NO4/c22-21(23,24)28-16-9-5-4-6-14(16)10-11-17(26)25-18(15-7-2-1-3-8-15)20(12-13-20)29-19(25)27/h1-11,18H,12-13H2/b11-10+/t18-/m1/s1. The largest absolute Gasteiger partial charge is 0.573 e. The first-order chi connectivity index (χ1) is 13.8. The molecule has 1 saturated heterocycles. The molecule has 2 amide bonds. The highest BCUT2D eigenvalue weighted by atomic mass is 19.4. The van der Waals surface area contributed by atoms with Crippen molar-refractivity contribution in [2.24, 2.45) is 0 Å². The average Bonchev–Trinajstić information content (AvgIpc) is 3.37. The molecule has 2 aromatic carbocycles. The second kappa shape index (κ2) is 6.95. The molecule has 1 saturated carbocycles. The molecular weight excluding hydrogens is 387 g/mol. The maximum atomic E-state index is 12.8. The fourth-order valence-electron chi connectivity index (χ4n) is 3.50. The van der Waals surface area contributed by atoms with E-state index in [9.17, 15) is 22.8 Å². The predicted octanol–water partition coefficient (Wildman–Crippen LogP) is 4.85. The van der Waals surface area contributed by atoms with Gasteiger partial charge in [-0.3, -0.25) is 4.79 Å². The summed E-state index contributed by atoms with van der Waals surface area (Å²) in [6.07, 6.45) is -2.08. The zero-order chi connectivity index (χ0) is 20.6. The molecule has 29 heavy (non-hydrogen) atoms. The number of imide groups is 1. The summed E-state index contributed by atoms with van der Waals surface area (Å²) < 4.78 is 47.1. The van der Waals surface area contributed by atoms with Gasteiger partial charge in [-0.2, -0.15) is 0 Å². The summed E-state index contributed by atoms with van der Waals surface area (Å²) >= 11 is 0. The summed E-state index contributed by atoms with van der Waals surface area (Å²) in [6.45, 7) is 0. The summed E-state index contributed by atoms with van der Waals surface area (Å²) in [6, 6.07) is 13.9. The van der Waals surface area contributed by atoms with Gasteiger partial charge in [0.2, 0.25) is 0 Å². The Morgan fingerprint density at radius 2 is 1.76 bits per heavy atom. The number of carbonyl (C=O) groups excluding carboxylic acids is 2. The van der Waals surface area contributed by atoms with Gasteiger partial charge >= 0.3 is 12.5 Å². The fraction of sp³-hybridized carbons (Fsp3) is 0.238. The molecule has 2 aliphatic rings. The summed E-state index contributed by atoms with van der Waals surface area (Å²) in [5, 5.41) is 0. The summed E-state index contributed by atoms with van der Waals surface area (Å²) in [7, 11) is 0. The SMILES string of the molecule is O=C(/C=C/c1ccccc1OC(F)(F)F)N1C(=O)OC2(CC2)[C@H]1c1ccccc1. The Kier molecular flexibility index (Phi) is 4.56. The molecule has 0 aromatic heterocycles. The van der Waals surface area contributed by atoms with Crippen LogP contribution in [0, 0.1) is 0 Å². The highest BCUT2D eigenvalue weighted by Crippen LogP contribution is 2.56. The van der Waals surface area contributed by atoms with E-state index in [2.05, 4.69) is 4.74 Å². The van der Waals surface area contributed by atoms with Gasteiger partial charge in [-0.1, -0.05) is 48.5 Å². The van der Waals surface area contributed by atoms with E-state index in [1.165, 1.54) is 24.3 Å². The highest BCUT2D eigenvalue weighted by molar-refractivity contribution is 6.02. The van der Waals surface area contributed by atoms with Gasteiger partial charge in [-0.25, -0.2) is 9.69 Å². The number of ether oxygens (including phenoxy) is 2. The zero-order valence-electron chi connectivity index (χ0n) is 15.1. The molecule has 2 fully saturated rings. The van der Waals surface area contributed by atoms with E-state index in [0.29, 0.717) is 12.8 Å². The normalized spacial score (nSPS) is 20.2. The molecule has 0 bridgehead atoms. The Morgan fingerprint density at radius 1 is 1.10 bits per heavy atom. The van der Waals surface area contributed by atoms with Crippen molar-refractivity contribution in [2.45, 2.75) is 30.8 Å². The van der Waals surface area contributed by atoms with E-state index < -0.39 is 35.8 Å². The zero-order valence-corrected chi connectivity index (χ0v) is 15.1. The van der Waals surface area contributed by atoms with E-state index in [1.807, 2.05) is 18.2 Å². The fourth-order valence-corrected chi connectivity index (χ4v) is 3.50. The Balaban J connectivity index is 1.61. The summed E-state index contributed by atoms with van der Waals surface area (Å²) in [4.78, 5) is 26.2. The van der Waals surface area contributed by atoms with Crippen molar-refractivity contribution >= 4 is 18.1 Å². The predicted molar refractivity (Wildman–Crippen MR) is 96.6 cm³/mol. The third-order valence-corrected chi connectivity index (χ3v) is 4.89. The lowest BCUT2D eigenvalue weighted by atomic mass is 9.99. The van der Waals surface area contributed by atoms with E-state index in [1.54, 1.807) is 12.1 Å². The molecule has 1 atom stereocenters. The molecule has 1 spiro atoms. The third-order valence-electron chi connectivity index (χ3n) is 4.89. The van der Waals surface area contributed by atoms with Crippen LogP contribution in [-0.2, 0) is 9.53 Å². The number of hydrogen-bond acceptors (Lipinski definition) is 4. The molecule has 0 radical (unpaired) electrons. The molecule has 4 rings (SSSR count). The number of hydrogen-bond donors (Lipinski definition) is 0. The first-order valence-electron chi connectivity index (χ1n) is 8.93. The van der Waals surface area contributed by atoms with Gasteiger partial charge in [0.25, 0.3) is 5.91 Å². The molecular formula is C21H16F3NO4. The number of carbonyl (C=O) groups is 2. The van der Waals surface area contributed by atoms with Gasteiger partial charge < -0.3 is 9.47 Å². The van der Waals surface area contributed by atoms with Crippen molar-refractivity contribution in [1.29, 1.82) is 0 Å². The van der Waals surface area contributed by atoms with Crippen LogP contribution in [0.5, 0.6) is 5.75 Å². The van der Waals surface area contributed by atoms with Crippen molar-refractivity contribution in [3.8, 4) is 5.75 Å². The minimum atomic E-state index is -4.86. The van der Waals surface area contributed by atoms with Crippen LogP contribution in [0.15, 0.2) is 60.7 Å². The van der Waals surface area contributed by atoms with Gasteiger partial charge in [0.1, 0.15) is 17.4 Å². The van der Waals surface area contributed by atoms with E-state index in [4.69, 9.17) is 4.74 Å². The Morgan fingerprint density at radius 3 is 2.41 bits per heavy atom. The van der Waals surface area contributed by atoms with Crippen molar-refractivity contribution in [2.75, 3.05) is 0 Å². The smallest absolute Gasteiger partial charge is 0.440 e. The van der Waals surface area contributed by atoms with Crippen molar-refractivity contribution in [3.63, 3.8) is 0 Å². The van der Waals surface area contributed by atoms with Crippen LogP contribution >= 0.6 is 0 Å². The molecule has 0 unspecified atom stereocenters. The van der Waals surface area contributed by atoms with E-state index in [0.717, 1.165) is 22.6 Å². The molecule has 8 heteroatoms. The monoisotopic (exact) mass is 403 g/mol. The third kappa shape index (κ3) is 3.83. The average molecular weight is 403 g/mol. The highest BCUT2D eigenvalue weighted by Gasteiger charge is 2.63. The first kappa shape index (κ1) is 19.0. The van der Waals surface area contributed by atoms with Gasteiger partial charge in [0.15, 0.2) is 0 Å². The number of halogens is 3. The number of para-hydroxylation sites is 1. The van der Waals surface area contributed by atoms with Crippen LogP contribution in [0.4, 0.5) is 18.0 Å². The number of alkyl halides is 3. The number of rotatable bonds is 4. The molecule has 150 valence electrons. The van der Waals surface area contributed by atoms with Crippen LogP contribution in [-0.4, -0.2) is 28.9 Å². The molecule has 1 heterocycles. The Hall–Kier alpha value is -3.29. The maximum absolute atomic E-state index is 12.8. The molecule has 1 aliphatic heterocycles. The number of amides is 2. The molecule has 5 nitrogen and oxygen atoms in total. The topological polar surface area (TPSA) is 55.8 Å². The van der Waals surface area contributed by atoms with E-state index in [-0.39, 0.29) is 5.56 Å². The lowest BCUT2D eigenvalue weighted by Gasteiger charge is -2.22. The molecule has 0 N–H and O–H groups in total. The van der Waals surface area contributed by atoms with Crippen LogP contribution in [0.2, 0.25) is 0 Å². The van der Waals surface area contributed by atoms with Crippen LogP contribution in [0.1, 0.15) is 30.0 Å². The minimum absolute atomic E-state index is 0.0585. The minimum Gasteiger partial charge on any atom is -0.440 e.